The van der Waals surface area contributed by atoms with Gasteiger partial charge in [0.1, 0.15) is 6.54 Å². The van der Waals surface area contributed by atoms with Crippen LogP contribution in [0.2, 0.25) is 10.0 Å². The van der Waals surface area contributed by atoms with E-state index in [1.807, 2.05) is 0 Å². The average Bonchev–Trinajstić information content (AvgIpc) is 2.35. The molecule has 1 N–H and O–H groups in total. The van der Waals surface area contributed by atoms with Crippen LogP contribution in [0.25, 0.3) is 6.08 Å². The molecule has 20 heavy (non-hydrogen) atoms. The smallest absolute Gasteiger partial charge is 0.325 e. The number of carbonyl (C=O) groups is 2. The molecule has 1 amide bonds. The number of hydrogen-bond donors (Lipinski definition) is 1. The molecular weight excluding hydrogens is 301 g/mol. The Bertz CT molecular complexity index is 507. The number of halogens is 2. The van der Waals surface area contributed by atoms with Crippen molar-refractivity contribution in [1.29, 1.82) is 0 Å². The van der Waals surface area contributed by atoms with Crippen LogP contribution in [-0.2, 0) is 14.3 Å². The standard InChI is InChI=1S/C14H15Cl2NO3/c1-9(2)20-14(19)8-17-13(18)7-6-10-11(15)4-3-5-12(10)16/h3-7,9H,8H2,1-2H3,(H,17,18)/b7-6+. The molecule has 0 saturated carbocycles. The molecule has 0 aliphatic carbocycles. The third kappa shape index (κ3) is 5.63. The fourth-order valence-corrected chi connectivity index (χ4v) is 1.88. The summed E-state index contributed by atoms with van der Waals surface area (Å²) in [7, 11) is 0. The van der Waals surface area contributed by atoms with Crippen molar-refractivity contribution in [3.05, 3.63) is 39.9 Å². The first-order valence-corrected chi connectivity index (χ1v) is 6.75. The van der Waals surface area contributed by atoms with Gasteiger partial charge >= 0.3 is 5.97 Å². The first-order valence-electron chi connectivity index (χ1n) is 5.99. The summed E-state index contributed by atoms with van der Waals surface area (Å²) < 4.78 is 4.88. The van der Waals surface area contributed by atoms with Crippen LogP contribution in [0.3, 0.4) is 0 Å². The molecule has 0 radical (unpaired) electrons. The second-order valence-electron chi connectivity index (χ2n) is 4.23. The summed E-state index contributed by atoms with van der Waals surface area (Å²) in [5.41, 5.74) is 0.552. The van der Waals surface area contributed by atoms with E-state index in [4.69, 9.17) is 27.9 Å². The lowest BCUT2D eigenvalue weighted by Crippen LogP contribution is -2.30. The topological polar surface area (TPSA) is 55.4 Å². The van der Waals surface area contributed by atoms with Crippen LogP contribution in [0.1, 0.15) is 19.4 Å². The molecule has 0 aromatic heterocycles. The number of hydrogen-bond acceptors (Lipinski definition) is 3. The summed E-state index contributed by atoms with van der Waals surface area (Å²) in [5, 5.41) is 3.30. The van der Waals surface area contributed by atoms with Crippen LogP contribution in [0, 0.1) is 0 Å². The molecule has 0 atom stereocenters. The zero-order chi connectivity index (χ0) is 15.1. The van der Waals surface area contributed by atoms with Gasteiger partial charge in [-0.3, -0.25) is 9.59 Å². The van der Waals surface area contributed by atoms with E-state index >= 15 is 0 Å². The first-order chi connectivity index (χ1) is 9.40. The van der Waals surface area contributed by atoms with E-state index < -0.39 is 11.9 Å². The van der Waals surface area contributed by atoms with E-state index in [0.29, 0.717) is 15.6 Å². The summed E-state index contributed by atoms with van der Waals surface area (Å²) in [5.74, 6) is -0.917. The van der Waals surface area contributed by atoms with Crippen LogP contribution < -0.4 is 5.32 Å². The lowest BCUT2D eigenvalue weighted by molar-refractivity contribution is -0.147. The Hall–Kier alpha value is -1.52. The Kier molecular flexibility index (Phi) is 6.55. The van der Waals surface area contributed by atoms with E-state index in [0.717, 1.165) is 0 Å². The number of nitrogens with one attached hydrogen (secondary N) is 1. The highest BCUT2D eigenvalue weighted by Gasteiger charge is 2.07. The molecule has 1 aromatic carbocycles. The van der Waals surface area contributed by atoms with Crippen molar-refractivity contribution in [2.75, 3.05) is 6.54 Å². The van der Waals surface area contributed by atoms with Crippen molar-refractivity contribution in [2.24, 2.45) is 0 Å². The minimum absolute atomic E-state index is 0.183. The zero-order valence-corrected chi connectivity index (χ0v) is 12.7. The summed E-state index contributed by atoms with van der Waals surface area (Å²) in [6, 6.07) is 5.06. The Morgan fingerprint density at radius 3 is 2.45 bits per heavy atom. The molecule has 0 aliphatic heterocycles. The fraction of sp³-hybridized carbons (Fsp3) is 0.286. The van der Waals surface area contributed by atoms with Gasteiger partial charge in [-0.2, -0.15) is 0 Å². The lowest BCUT2D eigenvalue weighted by atomic mass is 10.2. The maximum absolute atomic E-state index is 11.5. The van der Waals surface area contributed by atoms with Gasteiger partial charge in [-0.25, -0.2) is 0 Å². The molecule has 108 valence electrons. The molecule has 0 saturated heterocycles. The van der Waals surface area contributed by atoms with Crippen molar-refractivity contribution in [3.8, 4) is 0 Å². The first kappa shape index (κ1) is 16.5. The number of amides is 1. The molecule has 0 aliphatic rings. The predicted octanol–water partition coefficient (Wildman–Crippen LogP) is 3.07. The highest BCUT2D eigenvalue weighted by atomic mass is 35.5. The zero-order valence-electron chi connectivity index (χ0n) is 11.2. The van der Waals surface area contributed by atoms with E-state index in [2.05, 4.69) is 5.32 Å². The Labute approximate surface area is 127 Å². The van der Waals surface area contributed by atoms with Gasteiger partial charge in [-0.1, -0.05) is 29.3 Å². The fourth-order valence-electron chi connectivity index (χ4n) is 1.35. The van der Waals surface area contributed by atoms with E-state index in [-0.39, 0.29) is 12.6 Å². The average molecular weight is 316 g/mol. The van der Waals surface area contributed by atoms with Crippen LogP contribution in [0.5, 0.6) is 0 Å². The van der Waals surface area contributed by atoms with Gasteiger partial charge in [0.15, 0.2) is 0 Å². The third-order valence-electron chi connectivity index (χ3n) is 2.18. The van der Waals surface area contributed by atoms with Crippen LogP contribution in [0.4, 0.5) is 0 Å². The van der Waals surface area contributed by atoms with Crippen LogP contribution in [0.15, 0.2) is 24.3 Å². The molecule has 0 spiro atoms. The maximum Gasteiger partial charge on any atom is 0.325 e. The predicted molar refractivity (Wildman–Crippen MR) is 79.7 cm³/mol. The quantitative estimate of drug-likeness (QED) is 0.671. The highest BCUT2D eigenvalue weighted by molar-refractivity contribution is 6.37. The van der Waals surface area contributed by atoms with Gasteiger partial charge in [0, 0.05) is 21.7 Å². The number of rotatable bonds is 5. The molecule has 1 rings (SSSR count). The van der Waals surface area contributed by atoms with Crippen molar-refractivity contribution in [1.82, 2.24) is 5.32 Å². The second kappa shape index (κ2) is 7.92. The minimum Gasteiger partial charge on any atom is -0.462 e. The molecular formula is C14H15Cl2NO3. The van der Waals surface area contributed by atoms with Gasteiger partial charge in [0.05, 0.1) is 6.10 Å². The summed E-state index contributed by atoms with van der Waals surface area (Å²) in [6.45, 7) is 3.29. The molecule has 0 bridgehead atoms. The SMILES string of the molecule is CC(C)OC(=O)CNC(=O)/C=C/c1c(Cl)cccc1Cl. The van der Waals surface area contributed by atoms with Crippen LogP contribution in [-0.4, -0.2) is 24.5 Å². The van der Waals surface area contributed by atoms with Crippen molar-refractivity contribution >= 4 is 41.2 Å². The van der Waals surface area contributed by atoms with E-state index in [9.17, 15) is 9.59 Å². The Balaban J connectivity index is 2.54. The maximum atomic E-state index is 11.5. The Morgan fingerprint density at radius 2 is 1.90 bits per heavy atom. The number of carbonyl (C=O) groups excluding carboxylic acids is 2. The summed E-state index contributed by atoms with van der Waals surface area (Å²) in [6.07, 6.45) is 2.54. The van der Waals surface area contributed by atoms with Gasteiger partial charge < -0.3 is 10.1 Å². The Morgan fingerprint density at radius 1 is 1.30 bits per heavy atom. The van der Waals surface area contributed by atoms with Crippen molar-refractivity contribution in [2.45, 2.75) is 20.0 Å². The molecule has 4 nitrogen and oxygen atoms in total. The van der Waals surface area contributed by atoms with Crippen molar-refractivity contribution in [3.63, 3.8) is 0 Å². The summed E-state index contributed by atoms with van der Waals surface area (Å²) in [4.78, 5) is 22.8. The van der Waals surface area contributed by atoms with Crippen LogP contribution >= 0.6 is 23.2 Å². The molecule has 1 aromatic rings. The molecule has 0 unspecified atom stereocenters. The monoisotopic (exact) mass is 315 g/mol. The largest absolute Gasteiger partial charge is 0.462 e. The van der Waals surface area contributed by atoms with E-state index in [1.165, 1.54) is 12.2 Å². The van der Waals surface area contributed by atoms with Gasteiger partial charge in [0.2, 0.25) is 5.91 Å². The van der Waals surface area contributed by atoms with Gasteiger partial charge in [-0.05, 0) is 32.1 Å². The third-order valence-corrected chi connectivity index (χ3v) is 2.83. The number of esters is 1. The van der Waals surface area contributed by atoms with Crippen molar-refractivity contribution < 1.29 is 14.3 Å². The summed E-state index contributed by atoms with van der Waals surface area (Å²) >= 11 is 11.9. The lowest BCUT2D eigenvalue weighted by Gasteiger charge is -2.07. The number of benzene rings is 1. The second-order valence-corrected chi connectivity index (χ2v) is 5.04. The van der Waals surface area contributed by atoms with Gasteiger partial charge in [0.25, 0.3) is 0 Å². The molecule has 0 fully saturated rings. The van der Waals surface area contributed by atoms with Gasteiger partial charge in [-0.15, -0.1) is 0 Å². The molecule has 6 heteroatoms. The molecule has 0 heterocycles. The number of ether oxygens (including phenoxy) is 1. The minimum atomic E-state index is -0.488. The van der Waals surface area contributed by atoms with E-state index in [1.54, 1.807) is 32.0 Å². The highest BCUT2D eigenvalue weighted by Crippen LogP contribution is 2.25. The normalized spacial score (nSPS) is 10.8.